The lowest BCUT2D eigenvalue weighted by atomic mass is 10.1. The van der Waals surface area contributed by atoms with E-state index < -0.39 is 5.97 Å². The SMILES string of the molecule is COC1CC(CC(=O)O)N(C(=O)CCc2ccc(Cl)cc2Cl)C1. The molecule has 23 heavy (non-hydrogen) atoms. The van der Waals surface area contributed by atoms with Crippen molar-refractivity contribution in [2.75, 3.05) is 13.7 Å². The maximum absolute atomic E-state index is 12.5. The number of aryl methyl sites for hydroxylation is 1. The molecular weight excluding hydrogens is 341 g/mol. The maximum Gasteiger partial charge on any atom is 0.305 e. The van der Waals surface area contributed by atoms with Crippen molar-refractivity contribution in [3.8, 4) is 0 Å². The van der Waals surface area contributed by atoms with E-state index in [9.17, 15) is 9.59 Å². The molecule has 0 radical (unpaired) electrons. The Labute approximate surface area is 145 Å². The number of ether oxygens (including phenoxy) is 1. The molecule has 2 atom stereocenters. The maximum atomic E-state index is 12.5. The molecule has 0 aromatic heterocycles. The third kappa shape index (κ3) is 4.83. The van der Waals surface area contributed by atoms with Crippen molar-refractivity contribution in [2.24, 2.45) is 0 Å². The second-order valence-corrected chi connectivity index (χ2v) is 6.47. The number of carboxylic acids is 1. The predicted octanol–water partition coefficient (Wildman–Crippen LogP) is 3.02. The van der Waals surface area contributed by atoms with Gasteiger partial charge in [0.1, 0.15) is 0 Å². The number of rotatable bonds is 6. The summed E-state index contributed by atoms with van der Waals surface area (Å²) in [5.41, 5.74) is 0.849. The smallest absolute Gasteiger partial charge is 0.305 e. The molecule has 1 aromatic carbocycles. The van der Waals surface area contributed by atoms with E-state index in [-0.39, 0.29) is 30.9 Å². The molecule has 7 heteroatoms. The molecule has 1 saturated heterocycles. The first kappa shape index (κ1) is 18.0. The normalized spacial score (nSPS) is 20.7. The Morgan fingerprint density at radius 2 is 2.13 bits per heavy atom. The first-order valence-electron chi connectivity index (χ1n) is 7.38. The number of benzene rings is 1. The van der Waals surface area contributed by atoms with E-state index in [0.29, 0.717) is 29.4 Å². The fourth-order valence-corrected chi connectivity index (χ4v) is 3.36. The zero-order valence-corrected chi connectivity index (χ0v) is 14.3. The summed E-state index contributed by atoms with van der Waals surface area (Å²) in [5.74, 6) is -0.993. The van der Waals surface area contributed by atoms with Gasteiger partial charge >= 0.3 is 5.97 Å². The molecule has 0 aliphatic carbocycles. The highest BCUT2D eigenvalue weighted by molar-refractivity contribution is 6.35. The fraction of sp³-hybridized carbons (Fsp3) is 0.500. The summed E-state index contributed by atoms with van der Waals surface area (Å²) < 4.78 is 5.28. The zero-order chi connectivity index (χ0) is 17.0. The number of nitrogens with zero attached hydrogens (tertiary/aromatic N) is 1. The van der Waals surface area contributed by atoms with E-state index in [2.05, 4.69) is 0 Å². The van der Waals surface area contributed by atoms with Crippen molar-refractivity contribution < 1.29 is 19.4 Å². The van der Waals surface area contributed by atoms with E-state index in [1.54, 1.807) is 30.2 Å². The molecule has 1 aliphatic rings. The van der Waals surface area contributed by atoms with Gasteiger partial charge in [-0.25, -0.2) is 0 Å². The minimum absolute atomic E-state index is 0.0622. The first-order chi connectivity index (χ1) is 10.9. The molecular formula is C16H19Cl2NO4. The van der Waals surface area contributed by atoms with Crippen LogP contribution in [0, 0.1) is 0 Å². The van der Waals surface area contributed by atoms with Crippen LogP contribution >= 0.6 is 23.2 Å². The number of halogens is 2. The van der Waals surface area contributed by atoms with Gasteiger partial charge < -0.3 is 14.7 Å². The summed E-state index contributed by atoms with van der Waals surface area (Å²) in [6.07, 6.45) is 1.14. The monoisotopic (exact) mass is 359 g/mol. The largest absolute Gasteiger partial charge is 0.481 e. The molecule has 0 bridgehead atoms. The van der Waals surface area contributed by atoms with Crippen molar-refractivity contribution in [1.82, 2.24) is 4.90 Å². The van der Waals surface area contributed by atoms with Gasteiger partial charge in [-0.15, -0.1) is 0 Å². The molecule has 1 aromatic rings. The second kappa shape index (κ2) is 7.99. The topological polar surface area (TPSA) is 66.8 Å². The van der Waals surface area contributed by atoms with Crippen LogP contribution in [0.4, 0.5) is 0 Å². The van der Waals surface area contributed by atoms with Crippen molar-refractivity contribution in [3.63, 3.8) is 0 Å². The predicted molar refractivity (Wildman–Crippen MR) is 88.0 cm³/mol. The Bertz CT molecular complexity index is 593. The molecule has 5 nitrogen and oxygen atoms in total. The highest BCUT2D eigenvalue weighted by Crippen LogP contribution is 2.26. The highest BCUT2D eigenvalue weighted by atomic mass is 35.5. The quantitative estimate of drug-likeness (QED) is 0.847. The summed E-state index contributed by atoms with van der Waals surface area (Å²) >= 11 is 12.0. The molecule has 126 valence electrons. The van der Waals surface area contributed by atoms with Crippen LogP contribution in [0.15, 0.2) is 18.2 Å². The number of carbonyl (C=O) groups excluding carboxylic acids is 1. The molecule has 1 aliphatic heterocycles. The van der Waals surface area contributed by atoms with Crippen molar-refractivity contribution in [2.45, 2.75) is 37.8 Å². The van der Waals surface area contributed by atoms with Gasteiger partial charge in [0.15, 0.2) is 0 Å². The van der Waals surface area contributed by atoms with Crippen LogP contribution in [0.2, 0.25) is 10.0 Å². The van der Waals surface area contributed by atoms with E-state index in [1.165, 1.54) is 0 Å². The number of aliphatic carboxylic acids is 1. The van der Waals surface area contributed by atoms with E-state index in [4.69, 9.17) is 33.0 Å². The molecule has 1 N–H and O–H groups in total. The van der Waals surface area contributed by atoms with Gasteiger partial charge in [-0.2, -0.15) is 0 Å². The average Bonchev–Trinajstić information content (AvgIpc) is 2.88. The standard InChI is InChI=1S/C16H19Cl2NO4/c1-23-13-7-12(8-16(21)22)19(9-13)15(20)5-3-10-2-4-11(17)6-14(10)18/h2,4,6,12-13H,3,5,7-9H2,1H3,(H,21,22). The molecule has 2 rings (SSSR count). The van der Waals surface area contributed by atoms with Crippen LogP contribution in [-0.2, 0) is 20.7 Å². The Hall–Kier alpha value is -1.30. The molecule has 1 heterocycles. The summed E-state index contributed by atoms with van der Waals surface area (Å²) in [4.78, 5) is 25.0. The lowest BCUT2D eigenvalue weighted by molar-refractivity contribution is -0.139. The van der Waals surface area contributed by atoms with E-state index in [0.717, 1.165) is 5.56 Å². The summed E-state index contributed by atoms with van der Waals surface area (Å²) in [6, 6.07) is 4.87. The van der Waals surface area contributed by atoms with Gasteiger partial charge in [-0.1, -0.05) is 29.3 Å². The van der Waals surface area contributed by atoms with Gasteiger partial charge in [0.25, 0.3) is 0 Å². The number of hydrogen-bond acceptors (Lipinski definition) is 3. The van der Waals surface area contributed by atoms with Crippen molar-refractivity contribution >= 4 is 35.1 Å². The Kier molecular flexibility index (Phi) is 6.27. The molecule has 0 spiro atoms. The fourth-order valence-electron chi connectivity index (χ4n) is 2.85. The van der Waals surface area contributed by atoms with Crippen LogP contribution in [-0.4, -0.2) is 47.7 Å². The second-order valence-electron chi connectivity index (χ2n) is 5.63. The highest BCUT2D eigenvalue weighted by Gasteiger charge is 2.36. The summed E-state index contributed by atoms with van der Waals surface area (Å²) in [6.45, 7) is 0.432. The van der Waals surface area contributed by atoms with E-state index in [1.807, 2.05) is 0 Å². The lowest BCUT2D eigenvalue weighted by Gasteiger charge is -2.23. The Balaban J connectivity index is 1.99. The molecule has 0 saturated carbocycles. The number of amides is 1. The molecule has 1 amide bonds. The number of methoxy groups -OCH3 is 1. The van der Waals surface area contributed by atoms with E-state index >= 15 is 0 Å². The van der Waals surface area contributed by atoms with Crippen LogP contribution in [0.3, 0.4) is 0 Å². The summed E-state index contributed by atoms with van der Waals surface area (Å²) in [5, 5.41) is 10.1. The van der Waals surface area contributed by atoms with Crippen LogP contribution in [0.5, 0.6) is 0 Å². The van der Waals surface area contributed by atoms with Gasteiger partial charge in [0.05, 0.1) is 12.5 Å². The number of carboxylic acid groups (broad SMARTS) is 1. The van der Waals surface area contributed by atoms with Gasteiger partial charge in [-0.3, -0.25) is 9.59 Å². The van der Waals surface area contributed by atoms with Gasteiger partial charge in [0.2, 0.25) is 5.91 Å². The van der Waals surface area contributed by atoms with Crippen LogP contribution < -0.4 is 0 Å². The molecule has 1 fully saturated rings. The third-order valence-electron chi connectivity index (χ3n) is 4.06. The average molecular weight is 360 g/mol. The number of hydrogen-bond donors (Lipinski definition) is 1. The first-order valence-corrected chi connectivity index (χ1v) is 8.14. The minimum Gasteiger partial charge on any atom is -0.481 e. The minimum atomic E-state index is -0.912. The third-order valence-corrected chi connectivity index (χ3v) is 4.65. The Morgan fingerprint density at radius 3 is 2.74 bits per heavy atom. The zero-order valence-electron chi connectivity index (χ0n) is 12.8. The van der Waals surface area contributed by atoms with Crippen molar-refractivity contribution in [3.05, 3.63) is 33.8 Å². The molecule has 2 unspecified atom stereocenters. The van der Waals surface area contributed by atoms with Crippen LogP contribution in [0.25, 0.3) is 0 Å². The Morgan fingerprint density at radius 1 is 1.39 bits per heavy atom. The van der Waals surface area contributed by atoms with Crippen LogP contribution in [0.1, 0.15) is 24.8 Å². The number of carbonyl (C=O) groups is 2. The summed E-state index contributed by atoms with van der Waals surface area (Å²) in [7, 11) is 1.57. The van der Waals surface area contributed by atoms with Gasteiger partial charge in [0, 0.05) is 36.2 Å². The lowest BCUT2D eigenvalue weighted by Crippen LogP contribution is -2.37. The van der Waals surface area contributed by atoms with Crippen molar-refractivity contribution in [1.29, 1.82) is 0 Å². The van der Waals surface area contributed by atoms with Gasteiger partial charge in [-0.05, 0) is 30.5 Å². The number of likely N-dealkylation sites (tertiary alicyclic amines) is 1.